The lowest BCUT2D eigenvalue weighted by Gasteiger charge is -1.94. The summed E-state index contributed by atoms with van der Waals surface area (Å²) in [6, 6.07) is 7.65. The van der Waals surface area contributed by atoms with Crippen LogP contribution in [0.5, 0.6) is 5.75 Å². The van der Waals surface area contributed by atoms with Gasteiger partial charge in [-0.15, -0.1) is 0 Å². The summed E-state index contributed by atoms with van der Waals surface area (Å²) >= 11 is 0. The van der Waals surface area contributed by atoms with E-state index in [4.69, 9.17) is 9.52 Å². The second kappa shape index (κ2) is 5.18. The number of phenols is 1. The molecule has 0 amide bonds. The molecule has 0 saturated carbocycles. The number of rotatable bonds is 0. The smallest absolute Gasteiger partial charge is 0.336 e. The fraction of sp³-hybridized carbons (Fsp3) is 0.0833. The van der Waals surface area contributed by atoms with Crippen molar-refractivity contribution < 1.29 is 9.52 Å². The summed E-state index contributed by atoms with van der Waals surface area (Å²) in [6.07, 6.45) is 3.89. The lowest BCUT2D eigenvalue weighted by molar-refractivity contribution is 0.473. The molecule has 0 radical (unpaired) electrons. The monoisotopic (exact) mass is 232 g/mol. The molecule has 1 aromatic carbocycles. The number of benzene rings is 1. The van der Waals surface area contributed by atoms with Crippen molar-refractivity contribution in [1.29, 1.82) is 0 Å². The molecule has 0 aliphatic carbocycles. The zero-order chi connectivity index (χ0) is 12.1. The SMILES string of the molecule is C1=CNNC1.O=c1ccc2ccc(O)cc2o1. The van der Waals surface area contributed by atoms with E-state index in [-0.39, 0.29) is 5.75 Å². The molecule has 0 spiro atoms. The summed E-state index contributed by atoms with van der Waals surface area (Å²) in [5.74, 6) is 0.0943. The van der Waals surface area contributed by atoms with Crippen LogP contribution in [0.25, 0.3) is 11.0 Å². The quantitative estimate of drug-likeness (QED) is 0.593. The Morgan fingerprint density at radius 1 is 1.24 bits per heavy atom. The Balaban J connectivity index is 0.000000181. The van der Waals surface area contributed by atoms with Gasteiger partial charge in [0.2, 0.25) is 0 Å². The van der Waals surface area contributed by atoms with Crippen LogP contribution in [0.2, 0.25) is 0 Å². The normalized spacial score (nSPS) is 12.9. The minimum Gasteiger partial charge on any atom is -0.508 e. The largest absolute Gasteiger partial charge is 0.508 e. The summed E-state index contributed by atoms with van der Waals surface area (Å²) in [5, 5.41) is 9.86. The lowest BCUT2D eigenvalue weighted by Crippen LogP contribution is -2.19. The second-order valence-electron chi connectivity index (χ2n) is 3.40. The van der Waals surface area contributed by atoms with Gasteiger partial charge < -0.3 is 14.9 Å². The number of nitrogens with one attached hydrogen (secondary N) is 2. The first kappa shape index (κ1) is 11.2. The Morgan fingerprint density at radius 2 is 2.06 bits per heavy atom. The standard InChI is InChI=1S/C9H6O3.C3H6N2/c10-7-3-1-6-2-4-9(11)12-8(6)5-7;1-2-4-5-3-1/h1-5,10H;1-2,4-5H,3H2. The van der Waals surface area contributed by atoms with Crippen molar-refractivity contribution in [3.63, 3.8) is 0 Å². The van der Waals surface area contributed by atoms with Crippen LogP contribution in [0, 0.1) is 0 Å². The van der Waals surface area contributed by atoms with E-state index in [0.717, 1.165) is 11.9 Å². The number of aromatic hydroxyl groups is 1. The number of fused-ring (bicyclic) bond motifs is 1. The second-order valence-corrected chi connectivity index (χ2v) is 3.40. The van der Waals surface area contributed by atoms with E-state index in [9.17, 15) is 4.79 Å². The van der Waals surface area contributed by atoms with Gasteiger partial charge in [0.05, 0.1) is 0 Å². The molecule has 3 rings (SSSR count). The van der Waals surface area contributed by atoms with Gasteiger partial charge in [0.25, 0.3) is 0 Å². The molecule has 88 valence electrons. The van der Waals surface area contributed by atoms with Gasteiger partial charge in [-0.25, -0.2) is 10.2 Å². The number of phenolic OH excluding ortho intramolecular Hbond substituents is 1. The zero-order valence-electron chi connectivity index (χ0n) is 9.01. The fourth-order valence-electron chi connectivity index (χ4n) is 1.34. The highest BCUT2D eigenvalue weighted by Gasteiger charge is 1.96. The molecular weight excluding hydrogens is 220 g/mol. The third kappa shape index (κ3) is 3.09. The average molecular weight is 232 g/mol. The van der Waals surface area contributed by atoms with Crippen molar-refractivity contribution in [1.82, 2.24) is 10.9 Å². The minimum atomic E-state index is -0.409. The van der Waals surface area contributed by atoms with Crippen molar-refractivity contribution in [3.8, 4) is 5.75 Å². The molecule has 0 unspecified atom stereocenters. The summed E-state index contributed by atoms with van der Waals surface area (Å²) in [5.41, 5.74) is 5.65. The Hall–Kier alpha value is -2.27. The number of hydrogen-bond acceptors (Lipinski definition) is 5. The molecule has 1 aromatic heterocycles. The molecular formula is C12H12N2O3. The maximum Gasteiger partial charge on any atom is 0.336 e. The van der Waals surface area contributed by atoms with Crippen LogP contribution < -0.4 is 16.5 Å². The lowest BCUT2D eigenvalue weighted by atomic mass is 10.2. The van der Waals surface area contributed by atoms with Crippen LogP contribution in [0.15, 0.2) is 51.8 Å². The fourth-order valence-corrected chi connectivity index (χ4v) is 1.34. The Bertz CT molecular complexity index is 584. The first-order valence-electron chi connectivity index (χ1n) is 5.12. The molecule has 0 saturated heterocycles. The van der Waals surface area contributed by atoms with Gasteiger partial charge in [0.15, 0.2) is 0 Å². The van der Waals surface area contributed by atoms with Crippen LogP contribution in [0.3, 0.4) is 0 Å². The molecule has 2 aromatic rings. The van der Waals surface area contributed by atoms with Gasteiger partial charge >= 0.3 is 5.63 Å². The highest BCUT2D eigenvalue weighted by molar-refractivity contribution is 5.77. The molecule has 5 heteroatoms. The molecule has 0 atom stereocenters. The molecule has 0 fully saturated rings. The van der Waals surface area contributed by atoms with Crippen LogP contribution in [-0.4, -0.2) is 11.7 Å². The Labute approximate surface area is 97.3 Å². The molecule has 3 N–H and O–H groups in total. The molecule has 1 aliphatic heterocycles. The predicted molar refractivity (Wildman–Crippen MR) is 64.4 cm³/mol. The van der Waals surface area contributed by atoms with E-state index in [1.54, 1.807) is 18.2 Å². The van der Waals surface area contributed by atoms with Crippen LogP contribution in [-0.2, 0) is 0 Å². The van der Waals surface area contributed by atoms with Gasteiger partial charge in [-0.1, -0.05) is 6.08 Å². The highest BCUT2D eigenvalue weighted by Crippen LogP contribution is 2.17. The van der Waals surface area contributed by atoms with Gasteiger partial charge in [-0.05, 0) is 18.2 Å². The topological polar surface area (TPSA) is 74.5 Å². The van der Waals surface area contributed by atoms with Crippen molar-refractivity contribution in [2.24, 2.45) is 0 Å². The molecule has 17 heavy (non-hydrogen) atoms. The molecule has 1 aliphatic rings. The van der Waals surface area contributed by atoms with E-state index in [0.29, 0.717) is 5.58 Å². The third-order valence-electron chi connectivity index (χ3n) is 2.13. The van der Waals surface area contributed by atoms with E-state index >= 15 is 0 Å². The minimum absolute atomic E-state index is 0.0943. The Kier molecular flexibility index (Phi) is 3.42. The van der Waals surface area contributed by atoms with E-state index in [2.05, 4.69) is 10.9 Å². The molecule has 0 bridgehead atoms. The van der Waals surface area contributed by atoms with Gasteiger partial charge in [0.1, 0.15) is 11.3 Å². The van der Waals surface area contributed by atoms with Crippen molar-refractivity contribution in [2.75, 3.05) is 6.54 Å². The predicted octanol–water partition coefficient (Wildman–Crippen LogP) is 1.11. The third-order valence-corrected chi connectivity index (χ3v) is 2.13. The number of hydrogen-bond donors (Lipinski definition) is 3. The first-order valence-corrected chi connectivity index (χ1v) is 5.12. The van der Waals surface area contributed by atoms with Crippen LogP contribution in [0.1, 0.15) is 0 Å². The first-order chi connectivity index (χ1) is 8.25. The van der Waals surface area contributed by atoms with Crippen LogP contribution in [0.4, 0.5) is 0 Å². The molecule has 2 heterocycles. The maximum atomic E-state index is 10.7. The summed E-state index contributed by atoms with van der Waals surface area (Å²) in [4.78, 5) is 10.7. The highest BCUT2D eigenvalue weighted by atomic mass is 16.4. The van der Waals surface area contributed by atoms with Crippen LogP contribution >= 0.6 is 0 Å². The summed E-state index contributed by atoms with van der Waals surface area (Å²) in [6.45, 7) is 0.958. The van der Waals surface area contributed by atoms with Gasteiger partial charge in [-0.3, -0.25) is 0 Å². The van der Waals surface area contributed by atoms with Gasteiger partial charge in [0, 0.05) is 30.3 Å². The van der Waals surface area contributed by atoms with Gasteiger partial charge in [-0.2, -0.15) is 0 Å². The maximum absolute atomic E-state index is 10.7. The summed E-state index contributed by atoms with van der Waals surface area (Å²) in [7, 11) is 0. The van der Waals surface area contributed by atoms with Crippen molar-refractivity contribution in [3.05, 3.63) is 53.0 Å². The van der Waals surface area contributed by atoms with Crippen molar-refractivity contribution >= 4 is 11.0 Å². The summed E-state index contributed by atoms with van der Waals surface area (Å²) < 4.78 is 4.83. The zero-order valence-corrected chi connectivity index (χ0v) is 9.01. The van der Waals surface area contributed by atoms with E-state index in [1.807, 2.05) is 12.3 Å². The molecule has 5 nitrogen and oxygen atoms in total. The van der Waals surface area contributed by atoms with E-state index < -0.39 is 5.63 Å². The van der Waals surface area contributed by atoms with Crippen molar-refractivity contribution in [2.45, 2.75) is 0 Å². The average Bonchev–Trinajstić information content (AvgIpc) is 2.87. The van der Waals surface area contributed by atoms with E-state index in [1.165, 1.54) is 12.1 Å². The number of hydrazine groups is 1. The Morgan fingerprint density at radius 3 is 2.71 bits per heavy atom.